The minimum atomic E-state index is -0.175. The molecule has 1 atom stereocenters. The molecule has 0 unspecified atom stereocenters. The normalized spacial score (nSPS) is 22.2. The SMILES string of the molecule is Fc1cccc([C@H]2CCCN2)c1Br. The molecule has 0 aromatic heterocycles. The van der Waals surface area contributed by atoms with E-state index in [1.807, 2.05) is 6.07 Å². The molecule has 1 heterocycles. The number of benzene rings is 1. The Bertz CT molecular complexity index is 308. The van der Waals surface area contributed by atoms with E-state index in [2.05, 4.69) is 21.2 Å². The quantitative estimate of drug-likeness (QED) is 0.800. The summed E-state index contributed by atoms with van der Waals surface area (Å²) in [7, 11) is 0. The van der Waals surface area contributed by atoms with Gasteiger partial charge in [-0.15, -0.1) is 0 Å². The zero-order valence-corrected chi connectivity index (χ0v) is 8.77. The molecule has 1 nitrogen and oxygen atoms in total. The zero-order chi connectivity index (χ0) is 9.26. The lowest BCUT2D eigenvalue weighted by Crippen LogP contribution is -2.13. The lowest BCUT2D eigenvalue weighted by molar-refractivity contribution is 0.598. The second-order valence-corrected chi connectivity index (χ2v) is 4.08. The van der Waals surface area contributed by atoms with E-state index in [0.717, 1.165) is 18.5 Å². The van der Waals surface area contributed by atoms with Crippen LogP contribution < -0.4 is 5.32 Å². The van der Waals surface area contributed by atoms with Gasteiger partial charge in [-0.3, -0.25) is 0 Å². The molecule has 1 aromatic rings. The molecule has 0 bridgehead atoms. The highest BCUT2D eigenvalue weighted by molar-refractivity contribution is 9.10. The van der Waals surface area contributed by atoms with Crippen molar-refractivity contribution >= 4 is 15.9 Å². The van der Waals surface area contributed by atoms with Gasteiger partial charge in [0.2, 0.25) is 0 Å². The van der Waals surface area contributed by atoms with Crippen molar-refractivity contribution in [1.82, 2.24) is 5.32 Å². The van der Waals surface area contributed by atoms with Crippen molar-refractivity contribution in [2.24, 2.45) is 0 Å². The molecular weight excluding hydrogens is 233 g/mol. The third-order valence-corrected chi connectivity index (χ3v) is 3.25. The summed E-state index contributed by atoms with van der Waals surface area (Å²) in [5.74, 6) is -0.175. The molecule has 0 saturated carbocycles. The van der Waals surface area contributed by atoms with Crippen LogP contribution in [-0.2, 0) is 0 Å². The Labute approximate surface area is 85.5 Å². The molecule has 0 spiro atoms. The number of hydrogen-bond donors (Lipinski definition) is 1. The average molecular weight is 244 g/mol. The van der Waals surface area contributed by atoms with E-state index in [9.17, 15) is 4.39 Å². The van der Waals surface area contributed by atoms with Gasteiger partial charge in [0.15, 0.2) is 0 Å². The minimum absolute atomic E-state index is 0.175. The van der Waals surface area contributed by atoms with Crippen molar-refractivity contribution in [3.8, 4) is 0 Å². The van der Waals surface area contributed by atoms with Gasteiger partial charge < -0.3 is 5.32 Å². The maximum Gasteiger partial charge on any atom is 0.137 e. The summed E-state index contributed by atoms with van der Waals surface area (Å²) in [5.41, 5.74) is 1.04. The summed E-state index contributed by atoms with van der Waals surface area (Å²) in [6, 6.07) is 5.53. The van der Waals surface area contributed by atoms with Gasteiger partial charge in [0.1, 0.15) is 5.82 Å². The molecule has 1 aromatic carbocycles. The van der Waals surface area contributed by atoms with Crippen molar-refractivity contribution in [2.45, 2.75) is 18.9 Å². The molecular formula is C10H11BrFN. The molecule has 1 N–H and O–H groups in total. The fraction of sp³-hybridized carbons (Fsp3) is 0.400. The molecule has 1 aliphatic heterocycles. The molecule has 0 radical (unpaired) electrons. The maximum atomic E-state index is 13.2. The smallest absolute Gasteiger partial charge is 0.137 e. The fourth-order valence-corrected chi connectivity index (χ4v) is 2.28. The Morgan fingerprint density at radius 3 is 3.00 bits per heavy atom. The van der Waals surface area contributed by atoms with Gasteiger partial charge >= 0.3 is 0 Å². The molecule has 1 aliphatic rings. The van der Waals surface area contributed by atoms with Gasteiger partial charge in [-0.2, -0.15) is 0 Å². The van der Waals surface area contributed by atoms with Crippen LogP contribution in [0, 0.1) is 5.82 Å². The third-order valence-electron chi connectivity index (χ3n) is 2.42. The fourth-order valence-electron chi connectivity index (χ4n) is 1.74. The largest absolute Gasteiger partial charge is 0.310 e. The Kier molecular flexibility index (Phi) is 2.65. The minimum Gasteiger partial charge on any atom is -0.310 e. The van der Waals surface area contributed by atoms with Crippen molar-refractivity contribution < 1.29 is 4.39 Å². The van der Waals surface area contributed by atoms with E-state index in [-0.39, 0.29) is 5.82 Å². The van der Waals surface area contributed by atoms with Crippen molar-refractivity contribution in [3.63, 3.8) is 0 Å². The highest BCUT2D eigenvalue weighted by Gasteiger charge is 2.19. The monoisotopic (exact) mass is 243 g/mol. The van der Waals surface area contributed by atoms with Gasteiger partial charge in [0.25, 0.3) is 0 Å². The first-order chi connectivity index (χ1) is 6.29. The van der Waals surface area contributed by atoms with Crippen LogP contribution >= 0.6 is 15.9 Å². The highest BCUT2D eigenvalue weighted by Crippen LogP contribution is 2.30. The standard InChI is InChI=1S/C10H11BrFN/c11-10-7(3-1-4-8(10)12)9-5-2-6-13-9/h1,3-4,9,13H,2,5-6H2/t9-/m1/s1. The molecule has 0 aliphatic carbocycles. The second-order valence-electron chi connectivity index (χ2n) is 3.29. The van der Waals surface area contributed by atoms with Crippen LogP contribution in [0.5, 0.6) is 0 Å². The maximum absolute atomic E-state index is 13.2. The molecule has 0 amide bonds. The van der Waals surface area contributed by atoms with Crippen molar-refractivity contribution in [1.29, 1.82) is 0 Å². The Morgan fingerprint density at radius 2 is 2.31 bits per heavy atom. The molecule has 2 rings (SSSR count). The van der Waals surface area contributed by atoms with E-state index in [1.165, 1.54) is 12.5 Å². The first-order valence-corrected chi connectivity index (χ1v) is 5.25. The van der Waals surface area contributed by atoms with Crippen LogP contribution in [-0.4, -0.2) is 6.54 Å². The first-order valence-electron chi connectivity index (χ1n) is 4.46. The summed E-state index contributed by atoms with van der Waals surface area (Å²) in [6.07, 6.45) is 2.27. The predicted molar refractivity (Wildman–Crippen MR) is 54.1 cm³/mol. The molecule has 70 valence electrons. The third kappa shape index (κ3) is 1.76. The summed E-state index contributed by atoms with van der Waals surface area (Å²) in [4.78, 5) is 0. The van der Waals surface area contributed by atoms with Crippen LogP contribution in [0.25, 0.3) is 0 Å². The number of hydrogen-bond acceptors (Lipinski definition) is 1. The van der Waals surface area contributed by atoms with Crippen LogP contribution in [0.3, 0.4) is 0 Å². The number of rotatable bonds is 1. The van der Waals surface area contributed by atoms with Gasteiger partial charge in [-0.25, -0.2) is 4.39 Å². The lowest BCUT2D eigenvalue weighted by Gasteiger charge is -2.12. The van der Waals surface area contributed by atoms with Gasteiger partial charge in [0, 0.05) is 6.04 Å². The van der Waals surface area contributed by atoms with Crippen molar-refractivity contribution in [2.75, 3.05) is 6.54 Å². The number of halogens is 2. The topological polar surface area (TPSA) is 12.0 Å². The van der Waals surface area contributed by atoms with Gasteiger partial charge in [-0.05, 0) is 46.9 Å². The predicted octanol–water partition coefficient (Wildman–Crippen LogP) is 3.01. The van der Waals surface area contributed by atoms with Crippen LogP contribution in [0.1, 0.15) is 24.4 Å². The summed E-state index contributed by atoms with van der Waals surface area (Å²) < 4.78 is 13.8. The van der Waals surface area contributed by atoms with Crippen LogP contribution in [0.2, 0.25) is 0 Å². The van der Waals surface area contributed by atoms with Crippen molar-refractivity contribution in [3.05, 3.63) is 34.1 Å². The molecule has 1 saturated heterocycles. The van der Waals surface area contributed by atoms with E-state index in [4.69, 9.17) is 0 Å². The zero-order valence-electron chi connectivity index (χ0n) is 7.19. The summed E-state index contributed by atoms with van der Waals surface area (Å²) in [5, 5.41) is 3.34. The Balaban J connectivity index is 2.33. The van der Waals surface area contributed by atoms with E-state index in [0.29, 0.717) is 10.5 Å². The lowest BCUT2D eigenvalue weighted by atomic mass is 10.1. The van der Waals surface area contributed by atoms with Gasteiger partial charge in [0.05, 0.1) is 4.47 Å². The van der Waals surface area contributed by atoms with Crippen LogP contribution in [0.15, 0.2) is 22.7 Å². The van der Waals surface area contributed by atoms with E-state index >= 15 is 0 Å². The second kappa shape index (κ2) is 3.76. The molecule has 13 heavy (non-hydrogen) atoms. The van der Waals surface area contributed by atoms with Gasteiger partial charge in [-0.1, -0.05) is 12.1 Å². The first kappa shape index (κ1) is 9.16. The highest BCUT2D eigenvalue weighted by atomic mass is 79.9. The Morgan fingerprint density at radius 1 is 1.46 bits per heavy atom. The summed E-state index contributed by atoms with van der Waals surface area (Å²) >= 11 is 3.28. The molecule has 1 fully saturated rings. The van der Waals surface area contributed by atoms with E-state index < -0.39 is 0 Å². The van der Waals surface area contributed by atoms with Crippen LogP contribution in [0.4, 0.5) is 4.39 Å². The molecule has 3 heteroatoms. The average Bonchev–Trinajstić information content (AvgIpc) is 2.62. The Hall–Kier alpha value is -0.410. The number of nitrogens with one attached hydrogen (secondary N) is 1. The van der Waals surface area contributed by atoms with E-state index in [1.54, 1.807) is 6.07 Å². The summed E-state index contributed by atoms with van der Waals surface area (Å²) in [6.45, 7) is 1.04.